The fraction of sp³-hybridized carbons (Fsp3) is 0.619. The van der Waals surface area contributed by atoms with Crippen LogP contribution in [0.5, 0.6) is 11.5 Å². The van der Waals surface area contributed by atoms with E-state index in [0.29, 0.717) is 35.8 Å². The molecule has 1 fully saturated rings. The van der Waals surface area contributed by atoms with Crippen molar-refractivity contribution < 1.29 is 23.8 Å². The van der Waals surface area contributed by atoms with Gasteiger partial charge in [-0.05, 0) is 37.3 Å². The molecule has 0 aliphatic carbocycles. The molecule has 0 amide bonds. The number of Topliss-reactive ketones (excluding diaryl/α,β-unsaturated/α-hetero) is 1. The Bertz CT molecular complexity index is 655. The van der Waals surface area contributed by atoms with Gasteiger partial charge in [-0.3, -0.25) is 9.59 Å². The Morgan fingerprint density at radius 3 is 2.44 bits per heavy atom. The molecule has 6 heteroatoms. The van der Waals surface area contributed by atoms with Crippen LogP contribution in [0.25, 0.3) is 0 Å². The van der Waals surface area contributed by atoms with E-state index in [-0.39, 0.29) is 18.6 Å². The maximum atomic E-state index is 12.1. The van der Waals surface area contributed by atoms with Gasteiger partial charge in [0.25, 0.3) is 0 Å². The fourth-order valence-corrected chi connectivity index (χ4v) is 3.92. The molecule has 1 aromatic carbocycles. The Kier molecular flexibility index (Phi) is 7.96. The normalized spacial score (nSPS) is 19.7. The molecule has 0 aromatic heterocycles. The Morgan fingerprint density at radius 2 is 1.81 bits per heavy atom. The number of carbonyl (C=O) groups excluding carboxylic acids is 2. The number of carbonyl (C=O) groups is 2. The third-order valence-corrected chi connectivity index (χ3v) is 5.38. The molecule has 1 aliphatic rings. The van der Waals surface area contributed by atoms with Gasteiger partial charge in [0.2, 0.25) is 0 Å². The molecule has 27 heavy (non-hydrogen) atoms. The Balaban J connectivity index is 2.17. The number of aryl methyl sites for hydroxylation is 1. The van der Waals surface area contributed by atoms with Gasteiger partial charge in [0.1, 0.15) is 29.3 Å². The third-order valence-electron chi connectivity index (χ3n) is 5.08. The zero-order valence-electron chi connectivity index (χ0n) is 16.4. The molecule has 1 aromatic rings. The van der Waals surface area contributed by atoms with Gasteiger partial charge in [0, 0.05) is 12.5 Å². The van der Waals surface area contributed by atoms with E-state index in [9.17, 15) is 9.59 Å². The van der Waals surface area contributed by atoms with Crippen molar-refractivity contribution >= 4 is 23.4 Å². The summed E-state index contributed by atoms with van der Waals surface area (Å²) in [5.74, 6) is 0.764. The summed E-state index contributed by atoms with van der Waals surface area (Å²) in [4.78, 5) is 24.0. The van der Waals surface area contributed by atoms with E-state index < -0.39 is 11.6 Å². The van der Waals surface area contributed by atoms with Gasteiger partial charge in [-0.2, -0.15) is 0 Å². The number of hydrogen-bond donors (Lipinski definition) is 0. The standard InChI is InChI=1S/C21H29ClO5/c1-4-5-6-7-9-21(14-16(23)12-20(24)27-21)10-8-15-11-17(22)19(26-3)13-18(15)25-2/h11,13H,4-10,12,14H2,1-3H3. The van der Waals surface area contributed by atoms with Crippen molar-refractivity contribution in [2.45, 2.75) is 70.3 Å². The zero-order chi connectivity index (χ0) is 19.9. The van der Waals surface area contributed by atoms with Crippen LogP contribution in [0.15, 0.2) is 12.1 Å². The van der Waals surface area contributed by atoms with Gasteiger partial charge >= 0.3 is 5.97 Å². The molecule has 0 spiro atoms. The van der Waals surface area contributed by atoms with E-state index in [2.05, 4.69) is 6.92 Å². The van der Waals surface area contributed by atoms with Crippen LogP contribution < -0.4 is 9.47 Å². The topological polar surface area (TPSA) is 61.8 Å². The Morgan fingerprint density at radius 1 is 1.07 bits per heavy atom. The summed E-state index contributed by atoms with van der Waals surface area (Å²) in [6, 6.07) is 3.57. The van der Waals surface area contributed by atoms with Gasteiger partial charge in [0.05, 0.1) is 19.2 Å². The van der Waals surface area contributed by atoms with Crippen molar-refractivity contribution in [3.8, 4) is 11.5 Å². The number of hydrogen-bond acceptors (Lipinski definition) is 5. The van der Waals surface area contributed by atoms with Gasteiger partial charge in [-0.1, -0.05) is 37.8 Å². The summed E-state index contributed by atoms with van der Waals surface area (Å²) in [5, 5.41) is 0.502. The summed E-state index contributed by atoms with van der Waals surface area (Å²) < 4.78 is 16.4. The smallest absolute Gasteiger partial charge is 0.313 e. The molecular weight excluding hydrogens is 368 g/mol. The molecule has 1 unspecified atom stereocenters. The average Bonchev–Trinajstić information content (AvgIpc) is 2.63. The SMILES string of the molecule is CCCCCCC1(CCc2cc(Cl)c(OC)cc2OC)CC(=O)CC(=O)O1. The van der Waals surface area contributed by atoms with Gasteiger partial charge in [-0.25, -0.2) is 0 Å². The summed E-state index contributed by atoms with van der Waals surface area (Å²) in [7, 11) is 3.15. The molecule has 1 heterocycles. The first-order valence-corrected chi connectivity index (χ1v) is 9.94. The largest absolute Gasteiger partial charge is 0.496 e. The first-order valence-electron chi connectivity index (χ1n) is 9.57. The van der Waals surface area contributed by atoms with Gasteiger partial charge < -0.3 is 14.2 Å². The van der Waals surface area contributed by atoms with Crippen molar-refractivity contribution in [2.75, 3.05) is 14.2 Å². The molecule has 0 bridgehead atoms. The molecule has 1 saturated heterocycles. The molecule has 5 nitrogen and oxygen atoms in total. The monoisotopic (exact) mass is 396 g/mol. The first-order chi connectivity index (χ1) is 12.9. The van der Waals surface area contributed by atoms with Crippen LogP contribution in [-0.4, -0.2) is 31.6 Å². The van der Waals surface area contributed by atoms with Crippen LogP contribution in [0.4, 0.5) is 0 Å². The Labute approximate surface area is 166 Å². The van der Waals surface area contributed by atoms with Crippen LogP contribution >= 0.6 is 11.6 Å². The van der Waals surface area contributed by atoms with Crippen LogP contribution in [0, 0.1) is 0 Å². The fourth-order valence-electron chi connectivity index (χ4n) is 3.65. The third kappa shape index (κ3) is 5.86. The first kappa shape index (κ1) is 21.5. The highest BCUT2D eigenvalue weighted by molar-refractivity contribution is 6.32. The number of ketones is 1. The highest BCUT2D eigenvalue weighted by Gasteiger charge is 2.40. The molecule has 0 N–H and O–H groups in total. The van der Waals surface area contributed by atoms with Crippen molar-refractivity contribution in [1.29, 1.82) is 0 Å². The number of methoxy groups -OCH3 is 2. The number of cyclic esters (lactones) is 1. The summed E-state index contributed by atoms with van der Waals surface area (Å²) in [5.41, 5.74) is 0.183. The van der Waals surface area contributed by atoms with Crippen molar-refractivity contribution in [3.05, 3.63) is 22.7 Å². The lowest BCUT2D eigenvalue weighted by molar-refractivity contribution is -0.172. The van der Waals surface area contributed by atoms with Gasteiger partial charge in [-0.15, -0.1) is 0 Å². The molecule has 2 rings (SSSR count). The van der Waals surface area contributed by atoms with Crippen molar-refractivity contribution in [1.82, 2.24) is 0 Å². The minimum Gasteiger partial charge on any atom is -0.496 e. The van der Waals surface area contributed by atoms with E-state index in [4.69, 9.17) is 25.8 Å². The summed E-state index contributed by atoms with van der Waals surface area (Å²) >= 11 is 6.26. The molecular formula is C21H29ClO5. The second-order valence-electron chi connectivity index (χ2n) is 7.16. The number of halogens is 1. The van der Waals surface area contributed by atoms with E-state index in [1.165, 1.54) is 0 Å². The quantitative estimate of drug-likeness (QED) is 0.319. The van der Waals surface area contributed by atoms with Gasteiger partial charge in [0.15, 0.2) is 0 Å². The highest BCUT2D eigenvalue weighted by atomic mass is 35.5. The minimum absolute atomic E-state index is 0.0403. The second-order valence-corrected chi connectivity index (χ2v) is 7.57. The summed E-state index contributed by atoms with van der Waals surface area (Å²) in [6.07, 6.45) is 6.32. The van der Waals surface area contributed by atoms with E-state index >= 15 is 0 Å². The Hall–Kier alpha value is -1.75. The predicted molar refractivity (Wildman–Crippen MR) is 105 cm³/mol. The maximum absolute atomic E-state index is 12.1. The van der Waals surface area contributed by atoms with Crippen LogP contribution in [0.1, 0.15) is 63.9 Å². The van der Waals surface area contributed by atoms with Crippen LogP contribution in [0.2, 0.25) is 5.02 Å². The number of ether oxygens (including phenoxy) is 3. The van der Waals surface area contributed by atoms with Crippen molar-refractivity contribution in [2.24, 2.45) is 0 Å². The van der Waals surface area contributed by atoms with E-state index in [1.807, 2.05) is 6.07 Å². The van der Waals surface area contributed by atoms with Crippen LogP contribution in [0.3, 0.4) is 0 Å². The number of unbranched alkanes of at least 4 members (excludes halogenated alkanes) is 3. The lowest BCUT2D eigenvalue weighted by Crippen LogP contribution is -2.43. The zero-order valence-corrected chi connectivity index (χ0v) is 17.2. The minimum atomic E-state index is -0.725. The molecule has 1 atom stereocenters. The predicted octanol–water partition coefficient (Wildman–Crippen LogP) is 4.91. The molecule has 0 radical (unpaired) electrons. The molecule has 0 saturated carbocycles. The lowest BCUT2D eigenvalue weighted by atomic mass is 9.82. The lowest BCUT2D eigenvalue weighted by Gasteiger charge is -2.36. The maximum Gasteiger partial charge on any atom is 0.313 e. The van der Waals surface area contributed by atoms with Crippen LogP contribution in [-0.2, 0) is 20.7 Å². The molecule has 150 valence electrons. The van der Waals surface area contributed by atoms with Crippen molar-refractivity contribution in [3.63, 3.8) is 0 Å². The average molecular weight is 397 g/mol. The summed E-state index contributed by atoms with van der Waals surface area (Å²) in [6.45, 7) is 2.15. The highest BCUT2D eigenvalue weighted by Crippen LogP contribution is 2.37. The second kappa shape index (κ2) is 9.98. The van der Waals surface area contributed by atoms with E-state index in [1.54, 1.807) is 20.3 Å². The molecule has 1 aliphatic heterocycles. The number of rotatable bonds is 10. The number of benzene rings is 1. The number of esters is 1. The van der Waals surface area contributed by atoms with E-state index in [0.717, 1.165) is 31.2 Å².